The quantitative estimate of drug-likeness (QED) is 0.478. The molecule has 28 heavy (non-hydrogen) atoms. The van der Waals surface area contributed by atoms with Crippen LogP contribution in [0.5, 0.6) is 0 Å². The molecular formula is C23H19N3OS. The summed E-state index contributed by atoms with van der Waals surface area (Å²) in [6.45, 7) is 1.50. The predicted octanol–water partition coefficient (Wildman–Crippen LogP) is 4.74. The lowest BCUT2D eigenvalue weighted by Gasteiger charge is -2.36. The second-order valence-corrected chi connectivity index (χ2v) is 7.89. The normalized spacial score (nSPS) is 16.6. The highest BCUT2D eigenvalue weighted by atomic mass is 32.1. The third kappa shape index (κ3) is 3.04. The smallest absolute Gasteiger partial charge is 0.247 e. The molecule has 0 fully saturated rings. The molecule has 2 aromatic heterocycles. The molecule has 2 aromatic carbocycles. The molecular weight excluding hydrogens is 366 g/mol. The summed E-state index contributed by atoms with van der Waals surface area (Å²) in [5.74, 6) is 0.0144. The molecule has 5 rings (SSSR count). The Morgan fingerprint density at radius 2 is 1.82 bits per heavy atom. The van der Waals surface area contributed by atoms with E-state index >= 15 is 0 Å². The third-order valence-corrected chi connectivity index (χ3v) is 6.12. The van der Waals surface area contributed by atoms with E-state index < -0.39 is 0 Å². The van der Waals surface area contributed by atoms with Crippen molar-refractivity contribution in [1.82, 2.24) is 14.5 Å². The highest BCUT2D eigenvalue weighted by Gasteiger charge is 2.30. The number of benzene rings is 2. The number of hydrogen-bond acceptors (Lipinski definition) is 3. The average Bonchev–Trinajstić information content (AvgIpc) is 3.38. The Hall–Kier alpha value is -3.18. The topological polar surface area (TPSA) is 38.1 Å². The first-order valence-electron chi connectivity index (χ1n) is 9.34. The number of carbonyl (C=O) groups is 1. The molecule has 1 aliphatic heterocycles. The van der Waals surface area contributed by atoms with E-state index in [1.54, 1.807) is 17.4 Å². The van der Waals surface area contributed by atoms with Gasteiger partial charge in [-0.25, -0.2) is 4.98 Å². The Balaban J connectivity index is 1.46. The van der Waals surface area contributed by atoms with E-state index in [1.807, 2.05) is 47.4 Å². The van der Waals surface area contributed by atoms with Gasteiger partial charge in [0.2, 0.25) is 5.91 Å². The Bertz CT molecular complexity index is 1130. The standard InChI is InChI=1S/C23H19N3OS/c27-22(13-12-21-24-18-9-4-5-11-20(18)28-21)26-16-15-25-14-6-10-19(25)23(26)17-7-2-1-3-8-17/h1-14,23H,15-16H2/b13-12+. The minimum absolute atomic E-state index is 0.0144. The van der Waals surface area contributed by atoms with E-state index in [9.17, 15) is 4.79 Å². The van der Waals surface area contributed by atoms with Crippen molar-refractivity contribution < 1.29 is 4.79 Å². The molecule has 1 atom stereocenters. The molecule has 0 bridgehead atoms. The fraction of sp³-hybridized carbons (Fsp3) is 0.130. The second-order valence-electron chi connectivity index (χ2n) is 6.82. The number of fused-ring (bicyclic) bond motifs is 2. The maximum atomic E-state index is 13.1. The molecule has 1 aliphatic rings. The van der Waals surface area contributed by atoms with E-state index in [2.05, 4.69) is 46.1 Å². The van der Waals surface area contributed by atoms with Crippen molar-refractivity contribution in [3.8, 4) is 0 Å². The monoisotopic (exact) mass is 385 g/mol. The van der Waals surface area contributed by atoms with Gasteiger partial charge in [0, 0.05) is 31.1 Å². The molecule has 5 heteroatoms. The molecule has 0 aliphatic carbocycles. The van der Waals surface area contributed by atoms with Crippen molar-refractivity contribution in [2.75, 3.05) is 6.54 Å². The Morgan fingerprint density at radius 3 is 2.68 bits per heavy atom. The SMILES string of the molecule is O=C(/C=C/c1nc2ccccc2s1)N1CCn2cccc2C1c1ccccc1. The van der Waals surface area contributed by atoms with Crippen LogP contribution < -0.4 is 0 Å². The van der Waals surface area contributed by atoms with Gasteiger partial charge in [-0.2, -0.15) is 0 Å². The molecule has 4 nitrogen and oxygen atoms in total. The summed E-state index contributed by atoms with van der Waals surface area (Å²) in [7, 11) is 0. The van der Waals surface area contributed by atoms with E-state index in [-0.39, 0.29) is 11.9 Å². The van der Waals surface area contributed by atoms with Gasteiger partial charge in [-0.05, 0) is 35.9 Å². The number of nitrogens with zero attached hydrogens (tertiary/aromatic N) is 3. The highest BCUT2D eigenvalue weighted by Crippen LogP contribution is 2.32. The fourth-order valence-electron chi connectivity index (χ4n) is 3.81. The highest BCUT2D eigenvalue weighted by molar-refractivity contribution is 7.19. The summed E-state index contributed by atoms with van der Waals surface area (Å²) in [5.41, 5.74) is 3.25. The van der Waals surface area contributed by atoms with Gasteiger partial charge in [0.05, 0.1) is 16.3 Å². The predicted molar refractivity (Wildman–Crippen MR) is 113 cm³/mol. The first-order chi connectivity index (χ1) is 13.8. The van der Waals surface area contributed by atoms with Crippen molar-refractivity contribution in [3.63, 3.8) is 0 Å². The molecule has 0 spiro atoms. The first kappa shape index (κ1) is 17.0. The Morgan fingerprint density at radius 1 is 1.00 bits per heavy atom. The van der Waals surface area contributed by atoms with Crippen molar-refractivity contribution in [2.24, 2.45) is 0 Å². The molecule has 138 valence electrons. The van der Waals surface area contributed by atoms with Crippen molar-refractivity contribution >= 4 is 33.5 Å². The largest absolute Gasteiger partial charge is 0.348 e. The third-order valence-electron chi connectivity index (χ3n) is 5.12. The number of carbonyl (C=O) groups excluding carboxylic acids is 1. The summed E-state index contributed by atoms with van der Waals surface area (Å²) in [5, 5.41) is 0.853. The Labute approximate surface area is 167 Å². The van der Waals surface area contributed by atoms with Gasteiger partial charge >= 0.3 is 0 Å². The van der Waals surface area contributed by atoms with E-state index in [0.29, 0.717) is 6.54 Å². The van der Waals surface area contributed by atoms with Crippen molar-refractivity contribution in [2.45, 2.75) is 12.6 Å². The first-order valence-corrected chi connectivity index (χ1v) is 10.2. The summed E-state index contributed by atoms with van der Waals surface area (Å²) in [6.07, 6.45) is 5.58. The van der Waals surface area contributed by atoms with Gasteiger partial charge in [0.25, 0.3) is 0 Å². The second kappa shape index (κ2) is 7.09. The van der Waals surface area contributed by atoms with Gasteiger partial charge < -0.3 is 9.47 Å². The van der Waals surface area contributed by atoms with Crippen LogP contribution in [0.15, 0.2) is 79.0 Å². The van der Waals surface area contributed by atoms with Gasteiger partial charge in [-0.15, -0.1) is 11.3 Å². The summed E-state index contributed by atoms with van der Waals surface area (Å²) >= 11 is 1.60. The van der Waals surface area contributed by atoms with Crippen LogP contribution in [0, 0.1) is 0 Å². The minimum atomic E-state index is -0.0718. The van der Waals surface area contributed by atoms with Gasteiger partial charge in [-0.1, -0.05) is 42.5 Å². The van der Waals surface area contributed by atoms with Crippen LogP contribution in [-0.2, 0) is 11.3 Å². The molecule has 0 saturated carbocycles. The van der Waals surface area contributed by atoms with Gasteiger partial charge in [0.1, 0.15) is 5.01 Å². The fourth-order valence-corrected chi connectivity index (χ4v) is 4.68. The molecule has 0 radical (unpaired) electrons. The lowest BCUT2D eigenvalue weighted by molar-refractivity contribution is -0.128. The van der Waals surface area contributed by atoms with E-state index in [4.69, 9.17) is 0 Å². The summed E-state index contributed by atoms with van der Waals surface area (Å²) in [4.78, 5) is 19.7. The number of hydrogen-bond donors (Lipinski definition) is 0. The lowest BCUT2D eigenvalue weighted by atomic mass is 10.00. The molecule has 1 amide bonds. The molecule has 0 saturated heterocycles. The number of thiazole rings is 1. The van der Waals surface area contributed by atoms with Crippen LogP contribution >= 0.6 is 11.3 Å². The minimum Gasteiger partial charge on any atom is -0.348 e. The molecule has 1 unspecified atom stereocenters. The van der Waals surface area contributed by atoms with Gasteiger partial charge in [-0.3, -0.25) is 4.79 Å². The van der Waals surface area contributed by atoms with Gasteiger partial charge in [0.15, 0.2) is 0 Å². The summed E-state index contributed by atoms with van der Waals surface area (Å²) < 4.78 is 3.37. The van der Waals surface area contributed by atoms with Crippen LogP contribution in [0.25, 0.3) is 16.3 Å². The van der Waals surface area contributed by atoms with E-state index in [1.165, 1.54) is 0 Å². The number of aromatic nitrogens is 2. The zero-order chi connectivity index (χ0) is 18.9. The number of rotatable bonds is 3. The average molecular weight is 385 g/mol. The maximum Gasteiger partial charge on any atom is 0.247 e. The van der Waals surface area contributed by atoms with Crippen molar-refractivity contribution in [3.05, 3.63) is 95.3 Å². The summed E-state index contributed by atoms with van der Waals surface area (Å²) in [6, 6.07) is 22.3. The van der Waals surface area contributed by atoms with Crippen LogP contribution in [0.2, 0.25) is 0 Å². The molecule has 4 aromatic rings. The molecule has 0 N–H and O–H groups in total. The van der Waals surface area contributed by atoms with Crippen LogP contribution in [0.1, 0.15) is 22.3 Å². The molecule has 3 heterocycles. The van der Waals surface area contributed by atoms with Crippen molar-refractivity contribution in [1.29, 1.82) is 0 Å². The number of para-hydroxylation sites is 1. The van der Waals surface area contributed by atoms with E-state index in [0.717, 1.165) is 33.0 Å². The zero-order valence-corrected chi connectivity index (χ0v) is 16.0. The maximum absolute atomic E-state index is 13.1. The van der Waals surface area contributed by atoms with Crippen LogP contribution in [-0.4, -0.2) is 26.9 Å². The Kier molecular flexibility index (Phi) is 4.29. The number of amides is 1. The van der Waals surface area contributed by atoms with Crippen LogP contribution in [0.4, 0.5) is 0 Å². The lowest BCUT2D eigenvalue weighted by Crippen LogP contribution is -2.41. The van der Waals surface area contributed by atoms with Crippen LogP contribution in [0.3, 0.4) is 0 Å². The zero-order valence-electron chi connectivity index (χ0n) is 15.2.